The van der Waals surface area contributed by atoms with Gasteiger partial charge in [-0.2, -0.15) is 8.78 Å². The van der Waals surface area contributed by atoms with Crippen molar-refractivity contribution in [1.29, 1.82) is 0 Å². The molecule has 0 atom stereocenters. The molecule has 108 valence electrons. The number of hydrogen-bond donors (Lipinski definition) is 1. The van der Waals surface area contributed by atoms with E-state index in [0.29, 0.717) is 6.54 Å². The molecule has 0 radical (unpaired) electrons. The van der Waals surface area contributed by atoms with Crippen LogP contribution >= 0.6 is 0 Å². The van der Waals surface area contributed by atoms with Crippen LogP contribution in [-0.4, -0.2) is 11.2 Å². The number of halogens is 2. The van der Waals surface area contributed by atoms with Crippen molar-refractivity contribution in [2.45, 2.75) is 33.2 Å². The van der Waals surface area contributed by atoms with Gasteiger partial charge in [-0.15, -0.1) is 0 Å². The number of aromatic nitrogens is 1. The fourth-order valence-corrected chi connectivity index (χ4v) is 2.04. The van der Waals surface area contributed by atoms with Gasteiger partial charge in [-0.1, -0.05) is 12.1 Å². The summed E-state index contributed by atoms with van der Waals surface area (Å²) in [4.78, 5) is 0. The van der Waals surface area contributed by atoms with E-state index in [1.54, 1.807) is 24.3 Å². The molecule has 1 aromatic heterocycles. The molecule has 0 spiro atoms. The summed E-state index contributed by atoms with van der Waals surface area (Å²) in [5.74, 6) is 0.184. The van der Waals surface area contributed by atoms with E-state index in [-0.39, 0.29) is 5.75 Å². The van der Waals surface area contributed by atoms with Gasteiger partial charge in [0.05, 0.1) is 0 Å². The molecule has 0 aliphatic carbocycles. The third-order valence-corrected chi connectivity index (χ3v) is 3.05. The van der Waals surface area contributed by atoms with Gasteiger partial charge in [0.2, 0.25) is 0 Å². The summed E-state index contributed by atoms with van der Waals surface area (Å²) in [5, 5.41) is 3.33. The molecule has 2 rings (SSSR count). The van der Waals surface area contributed by atoms with Crippen molar-refractivity contribution >= 4 is 0 Å². The van der Waals surface area contributed by atoms with E-state index in [2.05, 4.69) is 27.6 Å². The van der Waals surface area contributed by atoms with Crippen molar-refractivity contribution in [3.8, 4) is 5.75 Å². The molecule has 1 heterocycles. The molecule has 0 fully saturated rings. The molecule has 0 unspecified atom stereocenters. The van der Waals surface area contributed by atoms with Crippen molar-refractivity contribution < 1.29 is 13.5 Å². The Morgan fingerprint density at radius 3 is 2.55 bits per heavy atom. The van der Waals surface area contributed by atoms with E-state index in [9.17, 15) is 8.78 Å². The van der Waals surface area contributed by atoms with Gasteiger partial charge in [0, 0.05) is 31.5 Å². The summed E-state index contributed by atoms with van der Waals surface area (Å²) in [6.07, 6.45) is 2.05. The Labute approximate surface area is 117 Å². The van der Waals surface area contributed by atoms with Crippen LogP contribution in [0.4, 0.5) is 8.78 Å². The van der Waals surface area contributed by atoms with Gasteiger partial charge in [0.15, 0.2) is 0 Å². The number of rotatable bonds is 7. The highest BCUT2D eigenvalue weighted by atomic mass is 19.3. The maximum atomic E-state index is 12.0. The number of benzene rings is 1. The number of hydrogen-bond acceptors (Lipinski definition) is 2. The zero-order valence-electron chi connectivity index (χ0n) is 11.4. The molecule has 2 aromatic rings. The van der Waals surface area contributed by atoms with E-state index in [4.69, 9.17) is 0 Å². The normalized spacial score (nSPS) is 11.0. The molecular weight excluding hydrogens is 262 g/mol. The molecule has 3 nitrogen and oxygen atoms in total. The van der Waals surface area contributed by atoms with Crippen molar-refractivity contribution in [2.75, 3.05) is 0 Å². The highest BCUT2D eigenvalue weighted by molar-refractivity contribution is 5.27. The van der Waals surface area contributed by atoms with Crippen LogP contribution in [0, 0.1) is 0 Å². The van der Waals surface area contributed by atoms with Gasteiger partial charge in [-0.25, -0.2) is 0 Å². The van der Waals surface area contributed by atoms with Crippen molar-refractivity contribution in [3.05, 3.63) is 53.9 Å². The first-order chi connectivity index (χ1) is 9.69. The molecular formula is C15H18F2N2O. The fraction of sp³-hybridized carbons (Fsp3) is 0.333. The average molecular weight is 280 g/mol. The lowest BCUT2D eigenvalue weighted by atomic mass is 10.2. The maximum Gasteiger partial charge on any atom is 0.387 e. The smallest absolute Gasteiger partial charge is 0.387 e. The Bertz CT molecular complexity index is 523. The first kappa shape index (κ1) is 14.5. The minimum Gasteiger partial charge on any atom is -0.435 e. The van der Waals surface area contributed by atoms with Crippen LogP contribution in [0.5, 0.6) is 5.75 Å². The number of nitrogens with zero attached hydrogens (tertiary/aromatic N) is 1. The second-order valence-corrected chi connectivity index (χ2v) is 4.41. The second kappa shape index (κ2) is 7.05. The minimum absolute atomic E-state index is 0.184. The van der Waals surface area contributed by atoms with E-state index >= 15 is 0 Å². The number of ether oxygens (including phenoxy) is 1. The Morgan fingerprint density at radius 2 is 1.90 bits per heavy atom. The number of nitrogens with one attached hydrogen (secondary N) is 1. The summed E-state index contributed by atoms with van der Waals surface area (Å²) in [6.45, 7) is 1.73. The average Bonchev–Trinajstić information content (AvgIpc) is 2.87. The third-order valence-electron chi connectivity index (χ3n) is 3.05. The van der Waals surface area contributed by atoms with Gasteiger partial charge in [-0.05, 0) is 36.8 Å². The zero-order chi connectivity index (χ0) is 14.4. The van der Waals surface area contributed by atoms with Crippen molar-refractivity contribution in [1.82, 2.24) is 9.88 Å². The van der Waals surface area contributed by atoms with Crippen molar-refractivity contribution in [3.63, 3.8) is 0 Å². The molecule has 0 saturated heterocycles. The van der Waals surface area contributed by atoms with Crippen LogP contribution < -0.4 is 10.1 Å². The lowest BCUT2D eigenvalue weighted by Gasteiger charge is -2.09. The summed E-state index contributed by atoms with van der Waals surface area (Å²) < 4.78 is 30.5. The Balaban J connectivity index is 1.82. The fourth-order valence-electron chi connectivity index (χ4n) is 2.04. The summed E-state index contributed by atoms with van der Waals surface area (Å²) >= 11 is 0. The van der Waals surface area contributed by atoms with Gasteiger partial charge in [-0.3, -0.25) is 0 Å². The Hall–Kier alpha value is -1.88. The molecule has 1 aromatic carbocycles. The predicted molar refractivity (Wildman–Crippen MR) is 73.7 cm³/mol. The summed E-state index contributed by atoms with van der Waals surface area (Å²) in [7, 11) is 0. The van der Waals surface area contributed by atoms with Crippen LogP contribution in [-0.2, 0) is 19.6 Å². The molecule has 1 N–H and O–H groups in total. The van der Waals surface area contributed by atoms with Crippen molar-refractivity contribution in [2.24, 2.45) is 0 Å². The molecule has 0 aliphatic heterocycles. The molecule has 20 heavy (non-hydrogen) atoms. The van der Waals surface area contributed by atoms with Gasteiger partial charge in [0.25, 0.3) is 0 Å². The number of aryl methyl sites for hydroxylation is 1. The largest absolute Gasteiger partial charge is 0.435 e. The van der Waals surface area contributed by atoms with Gasteiger partial charge < -0.3 is 14.6 Å². The molecule has 0 amide bonds. The highest BCUT2D eigenvalue weighted by Crippen LogP contribution is 2.14. The van der Waals surface area contributed by atoms with E-state index in [1.807, 2.05) is 12.3 Å². The standard InChI is InChI=1S/C15H18F2N2O/c1-2-19-9-3-4-13(19)11-18-10-12-5-7-14(8-6-12)20-15(16)17/h3-9,15,18H,2,10-11H2,1H3. The monoisotopic (exact) mass is 280 g/mol. The van der Waals surface area contributed by atoms with Gasteiger partial charge >= 0.3 is 6.61 Å². The lowest BCUT2D eigenvalue weighted by molar-refractivity contribution is -0.0498. The minimum atomic E-state index is -2.78. The molecule has 0 bridgehead atoms. The summed E-state index contributed by atoms with van der Waals surface area (Å²) in [6, 6.07) is 10.8. The predicted octanol–water partition coefficient (Wildman–Crippen LogP) is 3.40. The Kier molecular flexibility index (Phi) is 5.12. The third kappa shape index (κ3) is 4.06. The van der Waals surface area contributed by atoms with Crippen LogP contribution in [0.2, 0.25) is 0 Å². The van der Waals surface area contributed by atoms with Gasteiger partial charge in [0.1, 0.15) is 5.75 Å². The first-order valence-electron chi connectivity index (χ1n) is 6.57. The van der Waals surface area contributed by atoms with E-state index < -0.39 is 6.61 Å². The first-order valence-corrected chi connectivity index (χ1v) is 6.57. The maximum absolute atomic E-state index is 12.0. The zero-order valence-corrected chi connectivity index (χ0v) is 11.4. The van der Waals surface area contributed by atoms with E-state index in [1.165, 1.54) is 5.69 Å². The van der Waals surface area contributed by atoms with Crippen LogP contribution in [0.3, 0.4) is 0 Å². The Morgan fingerprint density at radius 1 is 1.15 bits per heavy atom. The van der Waals surface area contributed by atoms with Crippen LogP contribution in [0.25, 0.3) is 0 Å². The van der Waals surface area contributed by atoms with Crippen LogP contribution in [0.1, 0.15) is 18.2 Å². The quantitative estimate of drug-likeness (QED) is 0.841. The number of alkyl halides is 2. The topological polar surface area (TPSA) is 26.2 Å². The lowest BCUT2D eigenvalue weighted by Crippen LogP contribution is -2.15. The SMILES string of the molecule is CCn1cccc1CNCc1ccc(OC(F)F)cc1. The molecule has 0 saturated carbocycles. The second-order valence-electron chi connectivity index (χ2n) is 4.41. The highest BCUT2D eigenvalue weighted by Gasteiger charge is 2.04. The molecule has 5 heteroatoms. The molecule has 0 aliphatic rings. The van der Waals surface area contributed by atoms with E-state index in [0.717, 1.165) is 18.7 Å². The van der Waals surface area contributed by atoms with Crippen LogP contribution in [0.15, 0.2) is 42.6 Å². The summed E-state index contributed by atoms with van der Waals surface area (Å²) in [5.41, 5.74) is 2.26.